The molecule has 0 spiro atoms. The van der Waals surface area contributed by atoms with Gasteiger partial charge in [0.1, 0.15) is 30.3 Å². The van der Waals surface area contributed by atoms with E-state index in [9.17, 15) is 13.2 Å². The topological polar surface area (TPSA) is 110 Å². The van der Waals surface area contributed by atoms with Crippen LogP contribution in [0.5, 0.6) is 11.5 Å². The van der Waals surface area contributed by atoms with Crippen LogP contribution < -0.4 is 23.8 Å². The van der Waals surface area contributed by atoms with Crippen LogP contribution in [0.4, 0.5) is 15.8 Å². The Kier molecular flexibility index (Phi) is 6.79. The predicted molar refractivity (Wildman–Crippen MR) is 129 cm³/mol. The molecule has 3 aromatic rings. The number of aryl methyl sites for hydroxylation is 2. The van der Waals surface area contributed by atoms with E-state index in [1.165, 1.54) is 6.07 Å². The monoisotopic (exact) mass is 500 g/mol. The fourth-order valence-electron chi connectivity index (χ4n) is 3.75. The number of hydrogen-bond donors (Lipinski definition) is 2. The first-order valence-corrected chi connectivity index (χ1v) is 12.2. The van der Waals surface area contributed by atoms with Crippen LogP contribution in [-0.2, 0) is 28.2 Å². The number of rotatable bonds is 8. The van der Waals surface area contributed by atoms with Crippen molar-refractivity contribution in [2.24, 2.45) is 0 Å². The van der Waals surface area contributed by atoms with Crippen molar-refractivity contribution in [3.8, 4) is 11.5 Å². The Morgan fingerprint density at radius 2 is 1.77 bits per heavy atom. The van der Waals surface area contributed by atoms with Crippen molar-refractivity contribution < 1.29 is 27.1 Å². The van der Waals surface area contributed by atoms with E-state index >= 15 is 4.39 Å². The Morgan fingerprint density at radius 3 is 2.37 bits per heavy atom. The largest absolute Gasteiger partial charge is 0.497 e. The Labute approximate surface area is 203 Å². The maximum absolute atomic E-state index is 15.3. The van der Waals surface area contributed by atoms with Gasteiger partial charge in [0, 0.05) is 23.6 Å². The summed E-state index contributed by atoms with van der Waals surface area (Å²) in [4.78, 5) is 16.1. The summed E-state index contributed by atoms with van der Waals surface area (Å²) in [5.74, 6) is -0.904. The second-order valence-electron chi connectivity index (χ2n) is 8.09. The molecule has 0 radical (unpaired) electrons. The van der Waals surface area contributed by atoms with Gasteiger partial charge in [-0.15, -0.1) is 0 Å². The van der Waals surface area contributed by atoms with Gasteiger partial charge >= 0.3 is 10.2 Å². The molecule has 1 aromatic heterocycles. The van der Waals surface area contributed by atoms with Gasteiger partial charge in [0.05, 0.1) is 7.11 Å². The van der Waals surface area contributed by atoms with E-state index < -0.39 is 28.5 Å². The van der Waals surface area contributed by atoms with Crippen LogP contribution in [0.1, 0.15) is 22.5 Å². The lowest BCUT2D eigenvalue weighted by atomic mass is 10.1. The third-order valence-corrected chi connectivity index (χ3v) is 6.67. The molecule has 0 unspecified atom stereocenters. The van der Waals surface area contributed by atoms with Crippen LogP contribution in [0, 0.1) is 19.7 Å². The zero-order valence-corrected chi connectivity index (χ0v) is 20.3. The highest BCUT2D eigenvalue weighted by atomic mass is 32.2. The van der Waals surface area contributed by atoms with Gasteiger partial charge in [0.15, 0.2) is 5.82 Å². The Balaban J connectivity index is 1.65. The second-order valence-corrected chi connectivity index (χ2v) is 9.69. The van der Waals surface area contributed by atoms with E-state index in [2.05, 4.69) is 10.3 Å². The molecule has 0 atom stereocenters. The first-order chi connectivity index (χ1) is 16.6. The number of hydrogen-bond acceptors (Lipinski definition) is 7. The van der Waals surface area contributed by atoms with Crippen LogP contribution in [0.3, 0.4) is 0 Å². The average molecular weight is 501 g/mol. The molecule has 35 heavy (non-hydrogen) atoms. The van der Waals surface area contributed by atoms with Crippen LogP contribution in [-0.4, -0.2) is 33.0 Å². The Hall–Kier alpha value is -3.86. The fourth-order valence-corrected chi connectivity index (χ4v) is 4.92. The summed E-state index contributed by atoms with van der Waals surface area (Å²) in [7, 11) is -2.67. The minimum Gasteiger partial charge on any atom is -0.497 e. The van der Waals surface area contributed by atoms with Crippen molar-refractivity contribution in [2.45, 2.75) is 27.0 Å². The van der Waals surface area contributed by atoms with E-state index in [4.69, 9.17) is 9.47 Å². The van der Waals surface area contributed by atoms with Crippen LogP contribution >= 0.6 is 0 Å². The number of aromatic nitrogens is 1. The molecule has 0 saturated carbocycles. The Bertz CT molecular complexity index is 1340. The molecular formula is C24H25FN4O5S. The van der Waals surface area contributed by atoms with Crippen LogP contribution in [0.2, 0.25) is 0 Å². The molecule has 4 rings (SSSR count). The zero-order valence-electron chi connectivity index (χ0n) is 19.5. The van der Waals surface area contributed by atoms with Gasteiger partial charge in [-0.25, -0.2) is 13.4 Å². The molecule has 1 amide bonds. The molecule has 1 fully saturated rings. The summed E-state index contributed by atoms with van der Waals surface area (Å²) in [6.45, 7) is 3.52. The highest BCUT2D eigenvalue weighted by Crippen LogP contribution is 2.36. The normalized spacial score (nSPS) is 14.5. The van der Waals surface area contributed by atoms with Gasteiger partial charge in [-0.2, -0.15) is 8.42 Å². The molecule has 9 nitrogen and oxygen atoms in total. The highest BCUT2D eigenvalue weighted by molar-refractivity contribution is 7.92. The lowest BCUT2D eigenvalue weighted by molar-refractivity contribution is -0.117. The molecule has 1 aliphatic rings. The number of carbonyl (C=O) groups is 1. The van der Waals surface area contributed by atoms with E-state index in [0.717, 1.165) is 22.6 Å². The number of carbonyl (C=O) groups excluding carboxylic acids is 1. The minimum atomic E-state index is -4.23. The first kappa shape index (κ1) is 24.3. The number of amides is 1. The molecule has 0 bridgehead atoms. The lowest BCUT2D eigenvalue weighted by Gasteiger charge is -2.21. The molecular weight excluding hydrogens is 475 g/mol. The third kappa shape index (κ3) is 5.62. The van der Waals surface area contributed by atoms with Gasteiger partial charge in [0.25, 0.3) is 5.91 Å². The molecule has 2 heterocycles. The quantitative estimate of drug-likeness (QED) is 0.489. The maximum atomic E-state index is 15.3. The van der Waals surface area contributed by atoms with Crippen molar-refractivity contribution in [1.82, 2.24) is 9.71 Å². The van der Waals surface area contributed by atoms with Crippen molar-refractivity contribution in [1.29, 1.82) is 0 Å². The van der Waals surface area contributed by atoms with Gasteiger partial charge in [-0.1, -0.05) is 12.1 Å². The number of pyridine rings is 1. The second kappa shape index (κ2) is 9.79. The predicted octanol–water partition coefficient (Wildman–Crippen LogP) is 3.22. The molecule has 0 aliphatic carbocycles. The van der Waals surface area contributed by atoms with Crippen molar-refractivity contribution in [3.63, 3.8) is 0 Å². The smallest absolute Gasteiger partial charge is 0.326 e. The SMILES string of the molecule is COc1ccc(COc2cc(CNc3cc(C)nc(C)c3)cc(F)c2N2CC(=O)NS2(=O)=O)cc1. The van der Waals surface area contributed by atoms with Crippen molar-refractivity contribution in [2.75, 3.05) is 23.3 Å². The summed E-state index contributed by atoms with van der Waals surface area (Å²) < 4.78 is 53.7. The third-order valence-electron chi connectivity index (χ3n) is 5.29. The molecule has 1 saturated heterocycles. The summed E-state index contributed by atoms with van der Waals surface area (Å²) in [5, 5.41) is 3.22. The number of nitrogens with one attached hydrogen (secondary N) is 2. The van der Waals surface area contributed by atoms with E-state index in [0.29, 0.717) is 15.6 Å². The van der Waals surface area contributed by atoms with Crippen molar-refractivity contribution >= 4 is 27.5 Å². The molecule has 184 valence electrons. The standard InChI is InChI=1S/C24H25FN4O5S/c1-15-8-19(9-16(2)27-15)26-12-18-10-21(25)24(29-13-23(30)28-35(29,31)32)22(11-18)34-14-17-4-6-20(33-3)7-5-17/h4-11H,12-14H2,1-3H3,(H,26,27)(H,28,30). The minimum absolute atomic E-state index is 0.000201. The number of ether oxygens (including phenoxy) is 2. The van der Waals surface area contributed by atoms with Crippen molar-refractivity contribution in [3.05, 3.63) is 76.9 Å². The number of methoxy groups -OCH3 is 1. The summed E-state index contributed by atoms with van der Waals surface area (Å²) in [5.41, 5.74) is 3.47. The molecule has 2 N–H and O–H groups in total. The number of anilines is 2. The maximum Gasteiger partial charge on any atom is 0.326 e. The number of nitrogens with zero attached hydrogens (tertiary/aromatic N) is 2. The van der Waals surface area contributed by atoms with Gasteiger partial charge in [-0.05, 0) is 61.4 Å². The first-order valence-electron chi connectivity index (χ1n) is 10.8. The zero-order chi connectivity index (χ0) is 25.2. The lowest BCUT2D eigenvalue weighted by Crippen LogP contribution is -2.30. The van der Waals surface area contributed by atoms with Gasteiger partial charge in [-0.3, -0.25) is 9.78 Å². The van der Waals surface area contributed by atoms with E-state index in [1.54, 1.807) is 37.4 Å². The Morgan fingerprint density at radius 1 is 1.09 bits per heavy atom. The fraction of sp³-hybridized carbons (Fsp3) is 0.250. The van der Waals surface area contributed by atoms with E-state index in [-0.39, 0.29) is 24.6 Å². The van der Waals surface area contributed by atoms with Crippen LogP contribution in [0.15, 0.2) is 48.5 Å². The van der Waals surface area contributed by atoms with Gasteiger partial charge in [0.2, 0.25) is 0 Å². The van der Waals surface area contributed by atoms with Gasteiger partial charge < -0.3 is 14.8 Å². The summed E-state index contributed by atoms with van der Waals surface area (Å²) >= 11 is 0. The number of halogens is 1. The highest BCUT2D eigenvalue weighted by Gasteiger charge is 2.37. The molecule has 2 aromatic carbocycles. The summed E-state index contributed by atoms with van der Waals surface area (Å²) in [6, 6.07) is 13.6. The molecule has 1 aliphatic heterocycles. The average Bonchev–Trinajstić information content (AvgIpc) is 3.07. The molecule has 11 heteroatoms. The van der Waals surface area contributed by atoms with E-state index in [1.807, 2.05) is 30.7 Å². The summed E-state index contributed by atoms with van der Waals surface area (Å²) in [6.07, 6.45) is 0. The number of benzene rings is 2. The van der Waals surface area contributed by atoms with Crippen LogP contribution in [0.25, 0.3) is 0 Å².